The molecule has 0 spiro atoms. The number of anilines is 1. The lowest BCUT2D eigenvalue weighted by Gasteiger charge is -2.43. The number of fused-ring (bicyclic) bond motifs is 1. The van der Waals surface area contributed by atoms with Crippen LogP contribution in [-0.2, 0) is 4.74 Å². The summed E-state index contributed by atoms with van der Waals surface area (Å²) < 4.78 is 12.1. The lowest BCUT2D eigenvalue weighted by atomic mass is 9.72. The molecule has 4 aromatic rings. The van der Waals surface area contributed by atoms with E-state index >= 15 is 0 Å². The predicted molar refractivity (Wildman–Crippen MR) is 182 cm³/mol. The number of benzene rings is 2. The van der Waals surface area contributed by atoms with Crippen LogP contribution in [0.4, 0.5) is 5.69 Å². The first-order valence-electron chi connectivity index (χ1n) is 16.1. The van der Waals surface area contributed by atoms with Gasteiger partial charge in [0.2, 0.25) is 0 Å². The number of hydrogen-bond donors (Lipinski definition) is 1. The number of allylic oxidation sites excluding steroid dienone is 1. The number of carbonyl (C=O) groups excluding carboxylic acids is 1. The number of esters is 1. The van der Waals surface area contributed by atoms with Crippen LogP contribution >= 0.6 is 11.6 Å². The van der Waals surface area contributed by atoms with E-state index in [-0.39, 0.29) is 17.6 Å². The number of ether oxygens (including phenoxy) is 2. The van der Waals surface area contributed by atoms with Crippen molar-refractivity contribution in [1.29, 1.82) is 0 Å². The van der Waals surface area contributed by atoms with Crippen molar-refractivity contribution in [2.75, 3.05) is 37.7 Å². The Morgan fingerprint density at radius 2 is 1.89 bits per heavy atom. The maximum Gasteiger partial charge on any atom is 0.338 e. The molecule has 0 amide bonds. The highest BCUT2D eigenvalue weighted by molar-refractivity contribution is 6.30. The highest BCUT2D eigenvalue weighted by Crippen LogP contribution is 2.43. The lowest BCUT2D eigenvalue weighted by Crippen LogP contribution is -2.56. The molecule has 2 aromatic carbocycles. The number of aromatic nitrogens is 2. The van der Waals surface area contributed by atoms with Crippen molar-refractivity contribution in [2.45, 2.75) is 59.1 Å². The molecule has 2 aliphatic rings. The van der Waals surface area contributed by atoms with Crippen LogP contribution in [0, 0.1) is 5.41 Å². The number of pyridine rings is 1. The molecular weight excluding hydrogens is 584 g/mol. The summed E-state index contributed by atoms with van der Waals surface area (Å²) in [5.41, 5.74) is 6.91. The summed E-state index contributed by atoms with van der Waals surface area (Å²) >= 11 is 6.25. The van der Waals surface area contributed by atoms with Crippen molar-refractivity contribution >= 4 is 39.9 Å². The molecule has 6 rings (SSSR count). The summed E-state index contributed by atoms with van der Waals surface area (Å²) in [7, 11) is 0. The van der Waals surface area contributed by atoms with E-state index in [0.29, 0.717) is 12.2 Å². The van der Waals surface area contributed by atoms with Crippen LogP contribution in [0.15, 0.2) is 78.6 Å². The molecule has 1 aliphatic carbocycles. The second-order valence-corrected chi connectivity index (χ2v) is 13.5. The van der Waals surface area contributed by atoms with Gasteiger partial charge < -0.3 is 19.4 Å². The second kappa shape index (κ2) is 13.7. The van der Waals surface area contributed by atoms with Gasteiger partial charge in [-0.25, -0.2) is 9.78 Å². The van der Waals surface area contributed by atoms with E-state index in [4.69, 9.17) is 21.1 Å². The van der Waals surface area contributed by atoms with Crippen LogP contribution in [-0.4, -0.2) is 59.9 Å². The smallest absolute Gasteiger partial charge is 0.338 e. The van der Waals surface area contributed by atoms with Gasteiger partial charge in [-0.3, -0.25) is 4.90 Å². The quantitative estimate of drug-likeness (QED) is 0.141. The highest BCUT2D eigenvalue weighted by atomic mass is 35.5. The molecule has 1 aliphatic heterocycles. The van der Waals surface area contributed by atoms with E-state index in [2.05, 4.69) is 52.7 Å². The topological polar surface area (TPSA) is 70.7 Å². The number of aromatic amines is 1. The van der Waals surface area contributed by atoms with Crippen molar-refractivity contribution in [3.05, 3.63) is 94.8 Å². The number of rotatable bonds is 10. The van der Waals surface area contributed by atoms with Crippen molar-refractivity contribution in [1.82, 2.24) is 14.9 Å². The van der Waals surface area contributed by atoms with Gasteiger partial charge >= 0.3 is 5.97 Å². The predicted octanol–water partition coefficient (Wildman–Crippen LogP) is 8.36. The largest absolute Gasteiger partial charge is 0.468 e. The summed E-state index contributed by atoms with van der Waals surface area (Å²) in [5.74, 6) is 0.453. The van der Waals surface area contributed by atoms with Gasteiger partial charge in [0.1, 0.15) is 11.4 Å². The molecule has 3 heterocycles. The number of halogens is 1. The Morgan fingerprint density at radius 1 is 1.09 bits per heavy atom. The molecule has 0 bridgehead atoms. The van der Waals surface area contributed by atoms with Gasteiger partial charge in [-0.15, -0.1) is 0 Å². The molecule has 7 nitrogen and oxygen atoms in total. The van der Waals surface area contributed by atoms with Crippen molar-refractivity contribution in [3.63, 3.8) is 0 Å². The third-order valence-corrected chi connectivity index (χ3v) is 9.28. The lowest BCUT2D eigenvalue weighted by molar-refractivity contribution is 0.0499. The zero-order chi connectivity index (χ0) is 31.4. The maximum absolute atomic E-state index is 12.5. The molecule has 0 radical (unpaired) electrons. The zero-order valence-electron chi connectivity index (χ0n) is 26.5. The van der Waals surface area contributed by atoms with Crippen LogP contribution in [0.25, 0.3) is 16.6 Å². The van der Waals surface area contributed by atoms with Crippen LogP contribution in [0.3, 0.4) is 0 Å². The number of piperazine rings is 1. The molecule has 1 N–H and O–H groups in total. The van der Waals surface area contributed by atoms with Crippen LogP contribution in [0.2, 0.25) is 5.02 Å². The zero-order valence-corrected chi connectivity index (χ0v) is 27.3. The Labute approximate surface area is 271 Å². The molecule has 1 unspecified atom stereocenters. The first-order chi connectivity index (χ1) is 21.8. The molecule has 236 valence electrons. The number of carbonyl (C=O) groups is 1. The fraction of sp³-hybridized carbons (Fsp3) is 0.405. The molecule has 45 heavy (non-hydrogen) atoms. The third-order valence-electron chi connectivity index (χ3n) is 9.02. The molecule has 1 fully saturated rings. The number of H-pyrrole nitrogens is 1. The first-order valence-corrected chi connectivity index (χ1v) is 16.5. The van der Waals surface area contributed by atoms with E-state index in [1.54, 1.807) is 6.20 Å². The van der Waals surface area contributed by atoms with Gasteiger partial charge in [-0.2, -0.15) is 0 Å². The van der Waals surface area contributed by atoms with E-state index in [1.165, 1.54) is 23.1 Å². The van der Waals surface area contributed by atoms with Gasteiger partial charge in [0, 0.05) is 41.9 Å². The minimum absolute atomic E-state index is 0.237. The minimum atomic E-state index is -0.279. The van der Waals surface area contributed by atoms with Gasteiger partial charge in [-0.05, 0) is 90.8 Å². The SMILES string of the molecule is CCCCOC(=O)c1ccc(N2CCN(CC3=C(c4ccc(Cl)cc4)CC(C)(C)CC3)CC2Oc2cnc3[nH]ccc3c2)cc1. The van der Waals surface area contributed by atoms with E-state index in [0.717, 1.165) is 79.4 Å². The standard InChI is InChI=1S/C37H43ClN4O3/c1-4-5-20-44-36(43)27-8-12-31(13-9-27)42-19-18-41(25-34(42)45-32-21-28-15-17-39-35(28)40-23-32)24-29-14-16-37(2,3)22-33(29)26-6-10-30(38)11-7-26/h6-13,15,17,21,23,34H,4-5,14,16,18-20,22,24-25H2,1-3H3,(H,39,40). The van der Waals surface area contributed by atoms with E-state index in [9.17, 15) is 4.79 Å². The number of nitrogens with zero attached hydrogens (tertiary/aromatic N) is 3. The summed E-state index contributed by atoms with van der Waals surface area (Å²) in [5, 5.41) is 1.78. The monoisotopic (exact) mass is 626 g/mol. The summed E-state index contributed by atoms with van der Waals surface area (Å²) in [6, 6.07) is 20.1. The van der Waals surface area contributed by atoms with Crippen molar-refractivity contribution < 1.29 is 14.3 Å². The fourth-order valence-electron chi connectivity index (χ4n) is 6.40. The Morgan fingerprint density at radius 3 is 2.67 bits per heavy atom. The molecule has 8 heteroatoms. The van der Waals surface area contributed by atoms with Crippen LogP contribution in [0.1, 0.15) is 68.8 Å². The Hall–Kier alpha value is -3.81. The second-order valence-electron chi connectivity index (χ2n) is 13.1. The van der Waals surface area contributed by atoms with Crippen molar-refractivity contribution in [2.24, 2.45) is 5.41 Å². The molecule has 0 saturated carbocycles. The number of nitrogens with one attached hydrogen (secondary N) is 1. The average Bonchev–Trinajstić information content (AvgIpc) is 3.51. The summed E-state index contributed by atoms with van der Waals surface area (Å²) in [6.45, 7) is 10.6. The van der Waals surface area contributed by atoms with Crippen LogP contribution < -0.4 is 9.64 Å². The van der Waals surface area contributed by atoms with Crippen molar-refractivity contribution in [3.8, 4) is 5.75 Å². The molecule has 2 aromatic heterocycles. The van der Waals surface area contributed by atoms with E-state index in [1.807, 2.05) is 54.7 Å². The Balaban J connectivity index is 1.24. The normalized spacial score (nSPS) is 18.8. The fourth-order valence-corrected chi connectivity index (χ4v) is 6.53. The van der Waals surface area contributed by atoms with E-state index < -0.39 is 0 Å². The van der Waals surface area contributed by atoms with Gasteiger partial charge in [0.05, 0.1) is 24.9 Å². The highest BCUT2D eigenvalue weighted by Gasteiger charge is 2.33. The minimum Gasteiger partial charge on any atom is -0.468 e. The Kier molecular flexibility index (Phi) is 9.47. The number of hydrogen-bond acceptors (Lipinski definition) is 6. The first kappa shape index (κ1) is 31.2. The summed E-state index contributed by atoms with van der Waals surface area (Å²) in [4.78, 5) is 25.1. The third kappa shape index (κ3) is 7.54. The van der Waals surface area contributed by atoms with Crippen LogP contribution in [0.5, 0.6) is 5.75 Å². The summed E-state index contributed by atoms with van der Waals surface area (Å²) in [6.07, 6.45) is 8.61. The molecule has 1 atom stereocenters. The average molecular weight is 627 g/mol. The van der Waals surface area contributed by atoms with Gasteiger partial charge in [0.15, 0.2) is 6.23 Å². The Bertz CT molecular complexity index is 1640. The number of unbranched alkanes of at least 4 members (excludes halogenated alkanes) is 1. The maximum atomic E-state index is 12.5. The molecular formula is C37H43ClN4O3. The molecule has 1 saturated heterocycles. The van der Waals surface area contributed by atoms with Gasteiger partial charge in [-0.1, -0.05) is 56.5 Å². The van der Waals surface area contributed by atoms with Gasteiger partial charge in [0.25, 0.3) is 0 Å².